The fourth-order valence-corrected chi connectivity index (χ4v) is 2.90. The largest absolute Gasteiger partial charge is 0.390 e. The summed E-state index contributed by atoms with van der Waals surface area (Å²) in [5.74, 6) is 0.777. The summed E-state index contributed by atoms with van der Waals surface area (Å²) < 4.78 is 1.11. The molecule has 1 fully saturated rings. The summed E-state index contributed by atoms with van der Waals surface area (Å²) in [6.45, 7) is 2.28. The molecule has 1 saturated carbocycles. The highest BCUT2D eigenvalue weighted by Gasteiger charge is 2.32. The van der Waals surface area contributed by atoms with Gasteiger partial charge in [-0.25, -0.2) is 0 Å². The lowest BCUT2D eigenvalue weighted by Gasteiger charge is -2.35. The second-order valence-corrected chi connectivity index (χ2v) is 6.03. The van der Waals surface area contributed by atoms with Crippen LogP contribution in [-0.2, 0) is 6.42 Å². The minimum atomic E-state index is -0.476. The van der Waals surface area contributed by atoms with Crippen LogP contribution < -0.4 is 0 Å². The van der Waals surface area contributed by atoms with Gasteiger partial charge >= 0.3 is 0 Å². The lowest BCUT2D eigenvalue weighted by Crippen LogP contribution is -2.35. The van der Waals surface area contributed by atoms with E-state index in [1.54, 1.807) is 0 Å². The van der Waals surface area contributed by atoms with Crippen LogP contribution in [-0.4, -0.2) is 10.7 Å². The second-order valence-electron chi connectivity index (χ2n) is 5.18. The molecule has 0 heterocycles. The molecule has 2 rings (SSSR count). The summed E-state index contributed by atoms with van der Waals surface area (Å²) >= 11 is 3.55. The fraction of sp³-hybridized carbons (Fsp3) is 0.571. The zero-order chi connectivity index (χ0) is 11.6. The summed E-state index contributed by atoms with van der Waals surface area (Å²) in [6.07, 6.45) is 4.97. The molecule has 1 N–H and O–H groups in total. The van der Waals surface area contributed by atoms with Crippen LogP contribution in [0.5, 0.6) is 0 Å². The number of hydrogen-bond donors (Lipinski definition) is 1. The third-order valence-corrected chi connectivity index (χ3v) is 4.46. The molecule has 1 aromatic carbocycles. The second kappa shape index (κ2) is 4.89. The van der Waals surface area contributed by atoms with Crippen LogP contribution in [0.1, 0.15) is 38.2 Å². The minimum Gasteiger partial charge on any atom is -0.390 e. The van der Waals surface area contributed by atoms with Crippen molar-refractivity contribution in [3.63, 3.8) is 0 Å². The maximum absolute atomic E-state index is 10.5. The molecule has 0 saturated heterocycles. The highest BCUT2D eigenvalue weighted by molar-refractivity contribution is 9.10. The summed E-state index contributed by atoms with van der Waals surface area (Å²) in [4.78, 5) is 0. The van der Waals surface area contributed by atoms with Crippen molar-refractivity contribution in [3.05, 3.63) is 34.3 Å². The predicted octanol–water partition coefficient (Wildman–Crippen LogP) is 3.93. The average molecular weight is 283 g/mol. The normalized spacial score (nSPS) is 30.3. The number of hydrogen-bond acceptors (Lipinski definition) is 1. The van der Waals surface area contributed by atoms with Crippen LogP contribution in [0, 0.1) is 5.92 Å². The molecule has 88 valence electrons. The highest BCUT2D eigenvalue weighted by Crippen LogP contribution is 2.35. The first-order valence-electron chi connectivity index (χ1n) is 6.05. The lowest BCUT2D eigenvalue weighted by molar-refractivity contribution is -0.00680. The molecule has 1 aliphatic rings. The van der Waals surface area contributed by atoms with Gasteiger partial charge in [-0.15, -0.1) is 0 Å². The van der Waals surface area contributed by atoms with Crippen LogP contribution in [0.2, 0.25) is 0 Å². The number of aliphatic hydroxyl groups is 1. The molecular formula is C14H19BrO. The van der Waals surface area contributed by atoms with Crippen LogP contribution in [0.3, 0.4) is 0 Å². The third kappa shape index (κ3) is 2.86. The molecule has 0 radical (unpaired) electrons. The molecule has 0 spiro atoms. The fourth-order valence-electron chi connectivity index (χ4n) is 2.47. The van der Waals surface area contributed by atoms with Gasteiger partial charge in [0.1, 0.15) is 0 Å². The molecular weight excluding hydrogens is 264 g/mol. The topological polar surface area (TPSA) is 20.2 Å². The molecule has 1 nitrogen and oxygen atoms in total. The Hall–Kier alpha value is -0.340. The average Bonchev–Trinajstić information content (AvgIpc) is 2.27. The zero-order valence-electron chi connectivity index (χ0n) is 9.75. The van der Waals surface area contributed by atoms with Crippen molar-refractivity contribution in [2.45, 2.75) is 44.6 Å². The van der Waals surface area contributed by atoms with E-state index < -0.39 is 5.60 Å². The smallest absolute Gasteiger partial charge is 0.0688 e. The number of rotatable bonds is 2. The van der Waals surface area contributed by atoms with Crippen molar-refractivity contribution in [1.29, 1.82) is 0 Å². The zero-order valence-corrected chi connectivity index (χ0v) is 11.3. The molecule has 2 heteroatoms. The molecule has 0 atom stereocenters. The molecule has 0 aliphatic heterocycles. The van der Waals surface area contributed by atoms with Gasteiger partial charge in [0, 0.05) is 10.9 Å². The Balaban J connectivity index is 2.07. The van der Waals surface area contributed by atoms with E-state index in [4.69, 9.17) is 0 Å². The van der Waals surface area contributed by atoms with E-state index >= 15 is 0 Å². The molecule has 0 bridgehead atoms. The third-order valence-electron chi connectivity index (χ3n) is 3.68. The van der Waals surface area contributed by atoms with Gasteiger partial charge in [-0.2, -0.15) is 0 Å². The van der Waals surface area contributed by atoms with Gasteiger partial charge in [-0.05, 0) is 43.2 Å². The van der Waals surface area contributed by atoms with Crippen molar-refractivity contribution >= 4 is 15.9 Å². The maximum Gasteiger partial charge on any atom is 0.0688 e. The van der Waals surface area contributed by atoms with Gasteiger partial charge in [-0.1, -0.05) is 41.1 Å². The van der Waals surface area contributed by atoms with Gasteiger partial charge in [0.25, 0.3) is 0 Å². The van der Waals surface area contributed by atoms with Gasteiger partial charge in [0.05, 0.1) is 5.60 Å². The molecule has 0 amide bonds. The Morgan fingerprint density at radius 2 is 1.94 bits per heavy atom. The quantitative estimate of drug-likeness (QED) is 0.871. The van der Waals surface area contributed by atoms with Crippen LogP contribution in [0.15, 0.2) is 28.7 Å². The highest BCUT2D eigenvalue weighted by atomic mass is 79.9. The summed E-state index contributed by atoms with van der Waals surface area (Å²) in [5, 5.41) is 10.5. The summed E-state index contributed by atoms with van der Waals surface area (Å²) in [5.41, 5.74) is 0.746. The Bertz CT molecular complexity index is 354. The lowest BCUT2D eigenvalue weighted by atomic mass is 9.76. The number of halogens is 1. The van der Waals surface area contributed by atoms with Crippen molar-refractivity contribution in [3.8, 4) is 0 Å². The van der Waals surface area contributed by atoms with Gasteiger partial charge in [0.15, 0.2) is 0 Å². The molecule has 1 aromatic rings. The Morgan fingerprint density at radius 3 is 2.56 bits per heavy atom. The van der Waals surface area contributed by atoms with E-state index in [0.29, 0.717) is 0 Å². The van der Waals surface area contributed by atoms with Crippen LogP contribution >= 0.6 is 15.9 Å². The molecule has 0 aromatic heterocycles. The van der Waals surface area contributed by atoms with Crippen molar-refractivity contribution in [1.82, 2.24) is 0 Å². The van der Waals surface area contributed by atoms with Gasteiger partial charge in [0.2, 0.25) is 0 Å². The Morgan fingerprint density at radius 1 is 1.31 bits per heavy atom. The Labute approximate surface area is 106 Å². The number of benzene rings is 1. The summed E-state index contributed by atoms with van der Waals surface area (Å²) in [7, 11) is 0. The first-order chi connectivity index (χ1) is 7.59. The van der Waals surface area contributed by atoms with E-state index in [-0.39, 0.29) is 0 Å². The summed E-state index contributed by atoms with van der Waals surface area (Å²) in [6, 6.07) is 8.19. The van der Waals surface area contributed by atoms with Crippen molar-refractivity contribution in [2.75, 3.05) is 0 Å². The van der Waals surface area contributed by atoms with E-state index in [1.165, 1.54) is 5.56 Å². The monoisotopic (exact) mass is 282 g/mol. The van der Waals surface area contributed by atoms with E-state index in [0.717, 1.165) is 42.5 Å². The van der Waals surface area contributed by atoms with E-state index in [1.807, 2.05) is 18.2 Å². The maximum atomic E-state index is 10.5. The van der Waals surface area contributed by atoms with Crippen LogP contribution in [0.4, 0.5) is 0 Å². The van der Waals surface area contributed by atoms with E-state index in [9.17, 15) is 5.11 Å². The van der Waals surface area contributed by atoms with Crippen molar-refractivity contribution < 1.29 is 5.11 Å². The minimum absolute atomic E-state index is 0.476. The first-order valence-corrected chi connectivity index (χ1v) is 6.84. The standard InChI is InChI=1S/C14H19BrO/c1-11-6-8-14(16,9-7-11)10-12-4-2-3-5-13(12)15/h2-5,11,16H,6-10H2,1H3. The van der Waals surface area contributed by atoms with Crippen LogP contribution in [0.25, 0.3) is 0 Å². The Kier molecular flexibility index (Phi) is 3.70. The first kappa shape index (κ1) is 12.1. The predicted molar refractivity (Wildman–Crippen MR) is 70.4 cm³/mol. The molecule has 1 aliphatic carbocycles. The molecule has 16 heavy (non-hydrogen) atoms. The van der Waals surface area contributed by atoms with Gasteiger partial charge < -0.3 is 5.11 Å². The van der Waals surface area contributed by atoms with Crippen molar-refractivity contribution in [2.24, 2.45) is 5.92 Å². The van der Waals surface area contributed by atoms with Gasteiger partial charge in [-0.3, -0.25) is 0 Å². The SMILES string of the molecule is CC1CCC(O)(Cc2ccccc2Br)CC1. The van der Waals surface area contributed by atoms with E-state index in [2.05, 4.69) is 28.9 Å². The molecule has 0 unspecified atom stereocenters.